The van der Waals surface area contributed by atoms with E-state index in [0.717, 1.165) is 39.0 Å². The van der Waals surface area contributed by atoms with Crippen LogP contribution in [0.15, 0.2) is 0 Å². The van der Waals surface area contributed by atoms with E-state index in [1.807, 2.05) is 0 Å². The molecule has 0 aromatic carbocycles. The number of hydrogen-bond acceptors (Lipinski definition) is 16. The molecule has 17 heteroatoms. The van der Waals surface area contributed by atoms with Gasteiger partial charge in [-0.1, -0.05) is 39.0 Å². The van der Waals surface area contributed by atoms with Gasteiger partial charge < -0.3 is 79.7 Å². The maximum Gasteiger partial charge on any atom is 0.217 e. The van der Waals surface area contributed by atoms with Crippen LogP contribution in [-0.2, 0) is 33.2 Å². The van der Waals surface area contributed by atoms with Crippen molar-refractivity contribution in [3.05, 3.63) is 0 Å². The largest absolute Gasteiger partial charge is 0.394 e. The third-order valence-corrected chi connectivity index (χ3v) is 8.56. The van der Waals surface area contributed by atoms with Crippen molar-refractivity contribution in [3.8, 4) is 0 Å². The molecule has 46 heavy (non-hydrogen) atoms. The lowest BCUT2D eigenvalue weighted by Crippen LogP contribution is -2.68. The third-order valence-electron chi connectivity index (χ3n) is 8.56. The molecule has 270 valence electrons. The molecule has 10 N–H and O–H groups in total. The Hall–Kier alpha value is -1.13. The summed E-state index contributed by atoms with van der Waals surface area (Å²) in [4.78, 5) is 11.9. The summed E-state index contributed by atoms with van der Waals surface area (Å²) in [6.07, 6.45) is -17.1. The van der Waals surface area contributed by atoms with Gasteiger partial charge in [0.1, 0.15) is 73.2 Å². The first-order chi connectivity index (χ1) is 21.9. The summed E-state index contributed by atoms with van der Waals surface area (Å²) < 4.78 is 34.6. The first kappa shape index (κ1) is 39.3. The SMILES string of the molecule is CCCCCCCCO[C@H]1O[C@H]([C@@H](C)O[C@H]2O[C@H](CO)[C@@H](O)[C@H](O)[C@@H]2O[C@@H]2O[C@H](CO)[C@@H](O)[C@H](O)[C@H]2NC(C)=O)[C@@H](O)[C@H](O)[C@H]1O. The van der Waals surface area contributed by atoms with Gasteiger partial charge in [-0.15, -0.1) is 0 Å². The van der Waals surface area contributed by atoms with Crippen molar-refractivity contribution < 1.29 is 79.2 Å². The predicted octanol–water partition coefficient (Wildman–Crippen LogP) is -3.66. The number of amides is 1. The molecule has 0 aromatic rings. The third kappa shape index (κ3) is 9.73. The Labute approximate surface area is 267 Å². The van der Waals surface area contributed by atoms with Crippen LogP contribution in [0.3, 0.4) is 0 Å². The number of carbonyl (C=O) groups excluding carboxylic acids is 1. The van der Waals surface area contributed by atoms with Gasteiger partial charge in [0.25, 0.3) is 0 Å². The van der Waals surface area contributed by atoms with Crippen LogP contribution in [0.5, 0.6) is 0 Å². The van der Waals surface area contributed by atoms with E-state index in [1.165, 1.54) is 6.92 Å². The fourth-order valence-electron chi connectivity index (χ4n) is 5.82. The van der Waals surface area contributed by atoms with Crippen molar-refractivity contribution in [2.45, 2.75) is 157 Å². The molecule has 0 saturated carbocycles. The summed E-state index contributed by atoms with van der Waals surface area (Å²) in [5.74, 6) is -0.629. The first-order valence-electron chi connectivity index (χ1n) is 16.0. The molecule has 0 spiro atoms. The summed E-state index contributed by atoms with van der Waals surface area (Å²) in [5, 5.41) is 96.2. The smallest absolute Gasteiger partial charge is 0.217 e. The molecule has 1 amide bonds. The van der Waals surface area contributed by atoms with E-state index >= 15 is 0 Å². The Balaban J connectivity index is 1.75. The minimum Gasteiger partial charge on any atom is -0.394 e. The molecule has 3 aliphatic heterocycles. The van der Waals surface area contributed by atoms with Crippen LogP contribution in [0.2, 0.25) is 0 Å². The number of aliphatic hydroxyl groups excluding tert-OH is 9. The van der Waals surface area contributed by atoms with E-state index in [2.05, 4.69) is 12.2 Å². The molecule has 0 radical (unpaired) electrons. The van der Waals surface area contributed by atoms with Gasteiger partial charge >= 0.3 is 0 Å². The minimum atomic E-state index is -1.81. The van der Waals surface area contributed by atoms with Gasteiger partial charge in [0.2, 0.25) is 5.91 Å². The van der Waals surface area contributed by atoms with Crippen LogP contribution >= 0.6 is 0 Å². The number of carbonyl (C=O) groups is 1. The second kappa shape index (κ2) is 18.6. The summed E-state index contributed by atoms with van der Waals surface area (Å²) in [5.41, 5.74) is 0. The Morgan fingerprint density at radius 2 is 1.30 bits per heavy atom. The van der Waals surface area contributed by atoms with E-state index in [1.54, 1.807) is 0 Å². The number of rotatable bonds is 16. The standard InChI is InChI=1S/C29H53NO16/c1-4-5-6-7-8-9-10-41-28-24(40)21(37)23(39)25(45-28)13(2)42-29-26(22(38)19(35)16(12-32)44-29)46-27-17(30-14(3)33)20(36)18(34)15(11-31)43-27/h13,15-29,31-32,34-40H,4-12H2,1-3H3,(H,30,33)/t13-,15-,16-,17-,18-,19-,20-,21+,22+,23+,24-,25-,26+,27+,28+,29+/m1/s1. The number of ether oxygens (including phenoxy) is 6. The fraction of sp³-hybridized carbons (Fsp3) is 0.966. The van der Waals surface area contributed by atoms with E-state index in [-0.39, 0.29) is 6.61 Å². The lowest BCUT2D eigenvalue weighted by Gasteiger charge is -2.48. The monoisotopic (exact) mass is 671 g/mol. The maximum atomic E-state index is 11.9. The molecule has 17 nitrogen and oxygen atoms in total. The molecule has 3 rings (SSSR count). The number of nitrogens with one attached hydrogen (secondary N) is 1. The Bertz CT molecular complexity index is 903. The highest BCUT2D eigenvalue weighted by molar-refractivity contribution is 5.73. The van der Waals surface area contributed by atoms with Crippen molar-refractivity contribution in [3.63, 3.8) is 0 Å². The molecule has 3 aliphatic rings. The zero-order valence-corrected chi connectivity index (χ0v) is 26.5. The molecular formula is C29H53NO16. The van der Waals surface area contributed by atoms with E-state index < -0.39 is 117 Å². The second-order valence-corrected chi connectivity index (χ2v) is 12.2. The van der Waals surface area contributed by atoms with Crippen LogP contribution in [0.25, 0.3) is 0 Å². The number of aliphatic hydroxyl groups is 9. The van der Waals surface area contributed by atoms with Gasteiger partial charge in [0, 0.05) is 13.5 Å². The van der Waals surface area contributed by atoms with Gasteiger partial charge in [-0.25, -0.2) is 0 Å². The molecule has 3 fully saturated rings. The van der Waals surface area contributed by atoms with Crippen molar-refractivity contribution in [1.29, 1.82) is 0 Å². The lowest BCUT2D eigenvalue weighted by molar-refractivity contribution is -0.372. The van der Waals surface area contributed by atoms with Gasteiger partial charge in [0.05, 0.1) is 19.3 Å². The Morgan fingerprint density at radius 3 is 1.91 bits per heavy atom. The second-order valence-electron chi connectivity index (χ2n) is 12.2. The Morgan fingerprint density at radius 1 is 0.717 bits per heavy atom. The summed E-state index contributed by atoms with van der Waals surface area (Å²) in [6.45, 7) is 3.44. The van der Waals surface area contributed by atoms with Gasteiger partial charge in [-0.05, 0) is 13.3 Å². The van der Waals surface area contributed by atoms with Crippen molar-refractivity contribution in [2.75, 3.05) is 19.8 Å². The van der Waals surface area contributed by atoms with Crippen LogP contribution in [-0.4, -0.2) is 170 Å². The average Bonchev–Trinajstić information content (AvgIpc) is 3.02. The molecule has 3 heterocycles. The van der Waals surface area contributed by atoms with Gasteiger partial charge in [-0.2, -0.15) is 0 Å². The van der Waals surface area contributed by atoms with Crippen LogP contribution in [0.4, 0.5) is 0 Å². The summed E-state index contributed by atoms with van der Waals surface area (Å²) >= 11 is 0. The molecular weight excluding hydrogens is 618 g/mol. The zero-order valence-electron chi connectivity index (χ0n) is 26.5. The van der Waals surface area contributed by atoms with Gasteiger partial charge in [0.15, 0.2) is 18.9 Å². The van der Waals surface area contributed by atoms with E-state index in [4.69, 9.17) is 28.4 Å². The maximum absolute atomic E-state index is 11.9. The predicted molar refractivity (Wildman–Crippen MR) is 155 cm³/mol. The molecule has 0 aliphatic carbocycles. The van der Waals surface area contributed by atoms with Gasteiger partial charge in [-0.3, -0.25) is 4.79 Å². The normalized spacial score (nSPS) is 42.5. The molecule has 16 atom stereocenters. The van der Waals surface area contributed by atoms with Crippen molar-refractivity contribution in [2.24, 2.45) is 0 Å². The van der Waals surface area contributed by atoms with Crippen LogP contribution in [0, 0.1) is 0 Å². The summed E-state index contributed by atoms with van der Waals surface area (Å²) in [7, 11) is 0. The topological polar surface area (TPSA) is 267 Å². The Kier molecular flexibility index (Phi) is 15.9. The first-order valence-corrected chi connectivity index (χ1v) is 16.0. The molecule has 0 aromatic heterocycles. The number of unbranched alkanes of at least 4 members (excludes halogenated alkanes) is 5. The molecule has 0 unspecified atom stereocenters. The zero-order chi connectivity index (χ0) is 34.1. The fourth-order valence-corrected chi connectivity index (χ4v) is 5.82. The van der Waals surface area contributed by atoms with E-state index in [9.17, 15) is 50.8 Å². The average molecular weight is 672 g/mol. The highest BCUT2D eigenvalue weighted by Crippen LogP contribution is 2.32. The summed E-state index contributed by atoms with van der Waals surface area (Å²) in [6, 6.07) is -1.40. The van der Waals surface area contributed by atoms with Crippen molar-refractivity contribution >= 4 is 5.91 Å². The van der Waals surface area contributed by atoms with Crippen LogP contribution in [0.1, 0.15) is 59.3 Å². The molecule has 0 bridgehead atoms. The van der Waals surface area contributed by atoms with Crippen molar-refractivity contribution in [1.82, 2.24) is 5.32 Å². The quantitative estimate of drug-likeness (QED) is 0.0709. The van der Waals surface area contributed by atoms with Crippen LogP contribution < -0.4 is 5.32 Å². The van der Waals surface area contributed by atoms with E-state index in [0.29, 0.717) is 6.42 Å². The molecule has 3 saturated heterocycles. The number of hydrogen-bond donors (Lipinski definition) is 10. The highest BCUT2D eigenvalue weighted by Gasteiger charge is 2.53. The highest BCUT2D eigenvalue weighted by atomic mass is 16.8. The lowest BCUT2D eigenvalue weighted by atomic mass is 9.95. The minimum absolute atomic E-state index is 0.231.